The lowest BCUT2D eigenvalue weighted by Gasteiger charge is -2.15. The first-order chi connectivity index (χ1) is 18.6. The number of rotatable bonds is 10. The molecule has 0 aromatic heterocycles. The van der Waals surface area contributed by atoms with Crippen LogP contribution in [0.4, 0.5) is 0 Å². The average molecular weight is 537 g/mol. The van der Waals surface area contributed by atoms with E-state index in [4.69, 9.17) is 28.4 Å². The molecule has 3 rings (SSSR count). The van der Waals surface area contributed by atoms with E-state index in [9.17, 15) is 19.2 Å². The number of esters is 4. The zero-order valence-corrected chi connectivity index (χ0v) is 22.1. The Balaban J connectivity index is 1.64. The lowest BCUT2D eigenvalue weighted by atomic mass is 10.1. The molecule has 0 spiro atoms. The lowest BCUT2D eigenvalue weighted by Crippen LogP contribution is -2.30. The second kappa shape index (κ2) is 13.1. The number of aryl methyl sites for hydroxylation is 1. The van der Waals surface area contributed by atoms with Crippen LogP contribution >= 0.6 is 0 Å². The van der Waals surface area contributed by atoms with E-state index in [-0.39, 0.29) is 23.0 Å². The van der Waals surface area contributed by atoms with Gasteiger partial charge in [0.15, 0.2) is 23.3 Å². The Labute approximate surface area is 225 Å². The number of hydrogen-bond acceptors (Lipinski definition) is 10. The first-order valence-electron chi connectivity index (χ1n) is 11.9. The van der Waals surface area contributed by atoms with Gasteiger partial charge in [0, 0.05) is 0 Å². The lowest BCUT2D eigenvalue weighted by molar-refractivity contribution is -0.153. The van der Waals surface area contributed by atoms with E-state index in [0.29, 0.717) is 17.1 Å². The van der Waals surface area contributed by atoms with Crippen LogP contribution in [0.1, 0.15) is 19.4 Å². The molecule has 0 bridgehead atoms. The maximum Gasteiger partial charge on any atom is 0.325 e. The molecule has 3 aromatic carbocycles. The summed E-state index contributed by atoms with van der Waals surface area (Å²) in [6.45, 7) is 4.39. The molecular weight excluding hydrogens is 508 g/mol. The van der Waals surface area contributed by atoms with Crippen LogP contribution in [0.3, 0.4) is 0 Å². The summed E-state index contributed by atoms with van der Waals surface area (Å²) in [7, 11) is 3.01. The fraction of sp³-hybridized carbons (Fsp3) is 0.241. The van der Waals surface area contributed by atoms with Crippen LogP contribution < -0.4 is 28.4 Å². The number of methoxy groups -OCH3 is 2. The van der Waals surface area contributed by atoms with Gasteiger partial charge in [0.2, 0.25) is 0 Å². The molecule has 0 saturated heterocycles. The van der Waals surface area contributed by atoms with Crippen LogP contribution in [0.15, 0.2) is 66.7 Å². The van der Waals surface area contributed by atoms with E-state index in [2.05, 4.69) is 0 Å². The molecule has 204 valence electrons. The highest BCUT2D eigenvalue weighted by Gasteiger charge is 2.29. The number of hydrogen-bond donors (Lipinski definition) is 0. The van der Waals surface area contributed by atoms with E-state index >= 15 is 0 Å². The summed E-state index contributed by atoms with van der Waals surface area (Å²) in [6.07, 6.45) is 0. The van der Waals surface area contributed by atoms with Gasteiger partial charge in [-0.15, -0.1) is 0 Å². The summed E-state index contributed by atoms with van der Waals surface area (Å²) < 4.78 is 31.3. The zero-order valence-electron chi connectivity index (χ0n) is 22.1. The van der Waals surface area contributed by atoms with Crippen molar-refractivity contribution < 1.29 is 47.6 Å². The number of ether oxygens (including phenoxy) is 6. The predicted molar refractivity (Wildman–Crippen MR) is 138 cm³/mol. The topological polar surface area (TPSA) is 124 Å². The minimum absolute atomic E-state index is 0.104. The van der Waals surface area contributed by atoms with Crippen LogP contribution in [-0.2, 0) is 19.2 Å². The van der Waals surface area contributed by atoms with Crippen molar-refractivity contribution in [2.75, 3.05) is 14.2 Å². The number of carbonyl (C=O) groups is 4. The Morgan fingerprint density at radius 2 is 0.872 bits per heavy atom. The van der Waals surface area contributed by atoms with Crippen LogP contribution in [-0.4, -0.2) is 38.1 Å². The van der Waals surface area contributed by atoms with Gasteiger partial charge in [-0.25, -0.2) is 0 Å². The molecule has 10 heteroatoms. The van der Waals surface area contributed by atoms with Gasteiger partial charge in [-0.3, -0.25) is 19.2 Å². The third-order valence-corrected chi connectivity index (χ3v) is 5.49. The molecule has 0 aliphatic heterocycles. The minimum atomic E-state index is -1.30. The quantitative estimate of drug-likeness (QED) is 0.210. The molecule has 2 unspecified atom stereocenters. The summed E-state index contributed by atoms with van der Waals surface area (Å²) in [6, 6.07) is 17.0. The third-order valence-electron chi connectivity index (χ3n) is 5.49. The molecular formula is C29H28O10. The molecule has 39 heavy (non-hydrogen) atoms. The first-order valence-corrected chi connectivity index (χ1v) is 11.9. The molecule has 10 nitrogen and oxygen atoms in total. The van der Waals surface area contributed by atoms with Crippen molar-refractivity contribution in [3.8, 4) is 34.5 Å². The molecule has 0 fully saturated rings. The summed E-state index contributed by atoms with van der Waals surface area (Å²) >= 11 is 0. The Bertz CT molecular complexity index is 1330. The maximum atomic E-state index is 12.7. The van der Waals surface area contributed by atoms with Crippen molar-refractivity contribution in [2.24, 2.45) is 11.8 Å². The molecule has 0 aliphatic carbocycles. The average Bonchev–Trinajstić information content (AvgIpc) is 2.94. The first kappa shape index (κ1) is 28.7. The highest BCUT2D eigenvalue weighted by molar-refractivity contribution is 5.97. The van der Waals surface area contributed by atoms with Crippen LogP contribution in [0.25, 0.3) is 0 Å². The summed E-state index contributed by atoms with van der Waals surface area (Å²) in [4.78, 5) is 50.4. The zero-order chi connectivity index (χ0) is 28.5. The molecule has 0 aliphatic rings. The van der Waals surface area contributed by atoms with Crippen LogP contribution in [0.5, 0.6) is 34.5 Å². The van der Waals surface area contributed by atoms with E-state index < -0.39 is 35.7 Å². The monoisotopic (exact) mass is 536 g/mol. The van der Waals surface area contributed by atoms with Gasteiger partial charge in [0.25, 0.3) is 0 Å². The fourth-order valence-corrected chi connectivity index (χ4v) is 3.06. The van der Waals surface area contributed by atoms with E-state index in [1.54, 1.807) is 37.3 Å². The van der Waals surface area contributed by atoms with Gasteiger partial charge in [0.1, 0.15) is 23.0 Å². The fourth-order valence-electron chi connectivity index (χ4n) is 3.06. The van der Waals surface area contributed by atoms with Crippen molar-refractivity contribution in [3.05, 3.63) is 72.3 Å². The second-order valence-corrected chi connectivity index (χ2v) is 8.43. The predicted octanol–water partition coefficient (Wildman–Crippen LogP) is 4.31. The van der Waals surface area contributed by atoms with Gasteiger partial charge < -0.3 is 28.4 Å². The summed E-state index contributed by atoms with van der Waals surface area (Å²) in [5.74, 6) is -4.75. The Kier molecular flexibility index (Phi) is 9.63. The minimum Gasteiger partial charge on any atom is -0.497 e. The van der Waals surface area contributed by atoms with Crippen LogP contribution in [0, 0.1) is 18.8 Å². The molecule has 0 radical (unpaired) electrons. The molecule has 0 amide bonds. The van der Waals surface area contributed by atoms with Crippen molar-refractivity contribution >= 4 is 23.9 Å². The highest BCUT2D eigenvalue weighted by atomic mass is 16.6. The van der Waals surface area contributed by atoms with Crippen molar-refractivity contribution in [1.82, 2.24) is 0 Å². The van der Waals surface area contributed by atoms with Gasteiger partial charge >= 0.3 is 23.9 Å². The molecule has 0 N–H and O–H groups in total. The Morgan fingerprint density at radius 3 is 1.28 bits per heavy atom. The number of carbonyl (C=O) groups excluding carboxylic acids is 4. The largest absolute Gasteiger partial charge is 0.497 e. The molecule has 3 aromatic rings. The Hall–Kier alpha value is -4.86. The van der Waals surface area contributed by atoms with Gasteiger partial charge in [0.05, 0.1) is 14.2 Å². The van der Waals surface area contributed by atoms with Gasteiger partial charge in [-0.1, -0.05) is 6.07 Å². The summed E-state index contributed by atoms with van der Waals surface area (Å²) in [5.41, 5.74) is 0.693. The SMILES string of the molecule is COc1ccc(OC(=O)C(C)C(=O)Oc2ccc(C)cc2OC(=O)C(C)C(=O)Oc2ccc(OC)cc2)cc1. The van der Waals surface area contributed by atoms with Gasteiger partial charge in [-0.05, 0) is 87.0 Å². The standard InChI is InChI=1S/C29H28O10/c1-17-6-15-24(38-28(32)18(2)26(30)36-22-11-7-20(34-4)8-12-22)25(16-17)39-29(33)19(3)27(31)37-23-13-9-21(35-5)10-14-23/h6-16,18-19H,1-5H3. The Morgan fingerprint density at radius 1 is 0.513 bits per heavy atom. The van der Waals surface area contributed by atoms with Crippen molar-refractivity contribution in [1.29, 1.82) is 0 Å². The van der Waals surface area contributed by atoms with Gasteiger partial charge in [-0.2, -0.15) is 0 Å². The van der Waals surface area contributed by atoms with E-state index in [1.165, 1.54) is 64.5 Å². The van der Waals surface area contributed by atoms with Crippen LogP contribution in [0.2, 0.25) is 0 Å². The maximum absolute atomic E-state index is 12.7. The highest BCUT2D eigenvalue weighted by Crippen LogP contribution is 2.30. The molecule has 0 heterocycles. The van der Waals surface area contributed by atoms with Crippen molar-refractivity contribution in [3.63, 3.8) is 0 Å². The second-order valence-electron chi connectivity index (χ2n) is 8.43. The molecule has 0 saturated carbocycles. The van der Waals surface area contributed by atoms with Crippen molar-refractivity contribution in [2.45, 2.75) is 20.8 Å². The van der Waals surface area contributed by atoms with E-state index in [0.717, 1.165) is 0 Å². The third kappa shape index (κ3) is 7.81. The summed E-state index contributed by atoms with van der Waals surface area (Å²) in [5, 5.41) is 0. The molecule has 2 atom stereocenters. The smallest absolute Gasteiger partial charge is 0.325 e. The number of benzene rings is 3. The normalized spacial score (nSPS) is 11.9. The van der Waals surface area contributed by atoms with E-state index in [1.807, 2.05) is 0 Å².